The molecule has 0 radical (unpaired) electrons. The van der Waals surface area contributed by atoms with Crippen LogP contribution in [-0.4, -0.2) is 39.8 Å². The standard InChI is InChI=1S/C23H26N2O6S/c1-28-17-9-14(10-18(29-2)22(17)30-3)11-21(27)31-13-20(26)25-23-16(12-24)15-7-5-4-6-8-19(15)32-23/h9-10H,4-8,11,13H2,1-3H3,(H,25,26). The number of nitrogens with zero attached hydrogens (tertiary/aromatic N) is 1. The number of aryl methyl sites for hydroxylation is 1. The maximum absolute atomic E-state index is 12.4. The average Bonchev–Trinajstić information content (AvgIpc) is 2.95. The van der Waals surface area contributed by atoms with E-state index < -0.39 is 18.5 Å². The van der Waals surface area contributed by atoms with E-state index in [9.17, 15) is 14.9 Å². The van der Waals surface area contributed by atoms with E-state index in [0.29, 0.717) is 33.4 Å². The lowest BCUT2D eigenvalue weighted by Crippen LogP contribution is -2.21. The molecule has 0 atom stereocenters. The Balaban J connectivity index is 1.60. The highest BCUT2D eigenvalue weighted by atomic mass is 32.1. The summed E-state index contributed by atoms with van der Waals surface area (Å²) in [6, 6.07) is 5.53. The second kappa shape index (κ2) is 10.9. The van der Waals surface area contributed by atoms with Crippen LogP contribution in [0.4, 0.5) is 5.00 Å². The number of rotatable bonds is 8. The van der Waals surface area contributed by atoms with Crippen LogP contribution in [-0.2, 0) is 33.6 Å². The highest BCUT2D eigenvalue weighted by Crippen LogP contribution is 2.38. The zero-order valence-electron chi connectivity index (χ0n) is 18.4. The van der Waals surface area contributed by atoms with E-state index >= 15 is 0 Å². The summed E-state index contributed by atoms with van der Waals surface area (Å²) in [4.78, 5) is 25.8. The number of carbonyl (C=O) groups is 2. The minimum atomic E-state index is -0.572. The van der Waals surface area contributed by atoms with Gasteiger partial charge in [0, 0.05) is 4.88 Å². The Bertz CT molecular complexity index is 1010. The molecule has 0 spiro atoms. The molecule has 1 aromatic carbocycles. The fraction of sp³-hybridized carbons (Fsp3) is 0.435. The molecule has 1 amide bonds. The van der Waals surface area contributed by atoms with Crippen LogP contribution in [0.1, 0.15) is 40.8 Å². The maximum atomic E-state index is 12.4. The first-order chi connectivity index (χ1) is 15.5. The second-order valence-corrected chi connectivity index (χ2v) is 8.40. The number of thiophene rings is 1. The summed E-state index contributed by atoms with van der Waals surface area (Å²) < 4.78 is 21.0. The molecule has 0 fully saturated rings. The second-order valence-electron chi connectivity index (χ2n) is 7.30. The first kappa shape index (κ1) is 23.4. The Hall–Kier alpha value is -3.25. The summed E-state index contributed by atoms with van der Waals surface area (Å²) in [5.41, 5.74) is 2.17. The number of benzene rings is 1. The van der Waals surface area contributed by atoms with Crippen molar-refractivity contribution in [1.29, 1.82) is 5.26 Å². The van der Waals surface area contributed by atoms with Gasteiger partial charge < -0.3 is 24.3 Å². The summed E-state index contributed by atoms with van der Waals surface area (Å²) in [6.45, 7) is -0.434. The molecule has 8 nitrogen and oxygen atoms in total. The van der Waals surface area contributed by atoms with E-state index in [1.54, 1.807) is 12.1 Å². The number of ether oxygens (including phenoxy) is 4. The lowest BCUT2D eigenvalue weighted by Gasteiger charge is -2.14. The van der Waals surface area contributed by atoms with Gasteiger partial charge in [-0.2, -0.15) is 5.26 Å². The fourth-order valence-electron chi connectivity index (χ4n) is 3.71. The van der Waals surface area contributed by atoms with Gasteiger partial charge in [0.1, 0.15) is 11.1 Å². The van der Waals surface area contributed by atoms with Crippen molar-refractivity contribution in [3.05, 3.63) is 33.7 Å². The van der Waals surface area contributed by atoms with Crippen molar-refractivity contribution in [3.8, 4) is 23.3 Å². The summed E-state index contributed by atoms with van der Waals surface area (Å²) in [5, 5.41) is 12.8. The molecule has 0 aliphatic heterocycles. The van der Waals surface area contributed by atoms with E-state index in [1.807, 2.05) is 0 Å². The number of anilines is 1. The molecule has 32 heavy (non-hydrogen) atoms. The van der Waals surface area contributed by atoms with Crippen LogP contribution in [0.25, 0.3) is 0 Å². The minimum absolute atomic E-state index is 0.0687. The van der Waals surface area contributed by atoms with Crippen LogP contribution in [0, 0.1) is 11.3 Å². The maximum Gasteiger partial charge on any atom is 0.310 e. The van der Waals surface area contributed by atoms with Gasteiger partial charge >= 0.3 is 5.97 Å². The Morgan fingerprint density at radius 3 is 2.38 bits per heavy atom. The highest BCUT2D eigenvalue weighted by Gasteiger charge is 2.21. The molecule has 1 aliphatic rings. The van der Waals surface area contributed by atoms with Crippen molar-refractivity contribution >= 4 is 28.2 Å². The van der Waals surface area contributed by atoms with Crippen molar-refractivity contribution in [2.24, 2.45) is 0 Å². The third-order valence-corrected chi connectivity index (χ3v) is 6.43. The molecule has 0 bridgehead atoms. The molecule has 1 N–H and O–H groups in total. The van der Waals surface area contributed by atoms with Crippen LogP contribution in [0.5, 0.6) is 17.2 Å². The number of nitriles is 1. The van der Waals surface area contributed by atoms with E-state index in [1.165, 1.54) is 32.7 Å². The molecule has 9 heteroatoms. The summed E-state index contributed by atoms with van der Waals surface area (Å²) in [5.74, 6) is 0.227. The number of hydrogen-bond acceptors (Lipinski definition) is 8. The average molecular weight is 459 g/mol. The van der Waals surface area contributed by atoms with Gasteiger partial charge in [-0.1, -0.05) is 6.42 Å². The van der Waals surface area contributed by atoms with E-state index in [0.717, 1.165) is 42.5 Å². The van der Waals surface area contributed by atoms with Gasteiger partial charge in [-0.05, 0) is 48.9 Å². The lowest BCUT2D eigenvalue weighted by molar-refractivity contribution is -0.146. The topological polar surface area (TPSA) is 107 Å². The van der Waals surface area contributed by atoms with E-state index in [-0.39, 0.29) is 6.42 Å². The molecule has 2 aromatic rings. The minimum Gasteiger partial charge on any atom is -0.493 e. The quantitative estimate of drug-likeness (QED) is 0.475. The van der Waals surface area contributed by atoms with Crippen LogP contribution < -0.4 is 19.5 Å². The Kier molecular flexibility index (Phi) is 7.95. The Morgan fingerprint density at radius 2 is 1.75 bits per heavy atom. The van der Waals surface area contributed by atoms with Crippen LogP contribution in [0.3, 0.4) is 0 Å². The van der Waals surface area contributed by atoms with Gasteiger partial charge in [0.25, 0.3) is 5.91 Å². The van der Waals surface area contributed by atoms with Crippen molar-refractivity contribution in [2.45, 2.75) is 38.5 Å². The molecule has 0 saturated heterocycles. The molecule has 3 rings (SSSR count). The van der Waals surface area contributed by atoms with Gasteiger partial charge in [0.2, 0.25) is 5.75 Å². The number of carbonyl (C=O) groups excluding carboxylic acids is 2. The molecular weight excluding hydrogens is 432 g/mol. The van der Waals surface area contributed by atoms with Crippen molar-refractivity contribution < 1.29 is 28.5 Å². The number of esters is 1. The van der Waals surface area contributed by atoms with Gasteiger partial charge in [-0.15, -0.1) is 11.3 Å². The molecule has 1 aliphatic carbocycles. The number of hydrogen-bond donors (Lipinski definition) is 1. The molecule has 1 heterocycles. The lowest BCUT2D eigenvalue weighted by atomic mass is 10.1. The summed E-state index contributed by atoms with van der Waals surface area (Å²) >= 11 is 1.44. The van der Waals surface area contributed by atoms with Gasteiger partial charge in [0.05, 0.1) is 33.3 Å². The van der Waals surface area contributed by atoms with Crippen LogP contribution in [0.15, 0.2) is 12.1 Å². The van der Waals surface area contributed by atoms with Crippen molar-refractivity contribution in [2.75, 3.05) is 33.3 Å². The molecular formula is C23H26N2O6S. The smallest absolute Gasteiger partial charge is 0.310 e. The Morgan fingerprint density at radius 1 is 1.06 bits per heavy atom. The van der Waals surface area contributed by atoms with Crippen LogP contribution >= 0.6 is 11.3 Å². The first-order valence-corrected chi connectivity index (χ1v) is 11.1. The molecule has 0 unspecified atom stereocenters. The third kappa shape index (κ3) is 5.32. The van der Waals surface area contributed by atoms with Gasteiger partial charge in [-0.25, -0.2) is 0 Å². The number of fused-ring (bicyclic) bond motifs is 1. The zero-order valence-corrected chi connectivity index (χ0v) is 19.2. The molecule has 0 saturated carbocycles. The van der Waals surface area contributed by atoms with Crippen LogP contribution in [0.2, 0.25) is 0 Å². The van der Waals surface area contributed by atoms with E-state index in [4.69, 9.17) is 18.9 Å². The van der Waals surface area contributed by atoms with Gasteiger partial charge in [-0.3, -0.25) is 9.59 Å². The normalized spacial score (nSPS) is 12.7. The number of methoxy groups -OCH3 is 3. The predicted molar refractivity (Wildman–Crippen MR) is 120 cm³/mol. The van der Waals surface area contributed by atoms with Crippen molar-refractivity contribution in [1.82, 2.24) is 0 Å². The first-order valence-electron chi connectivity index (χ1n) is 10.3. The Labute approximate surface area is 191 Å². The van der Waals surface area contributed by atoms with Crippen molar-refractivity contribution in [3.63, 3.8) is 0 Å². The molecule has 170 valence electrons. The monoisotopic (exact) mass is 458 g/mol. The fourth-order valence-corrected chi connectivity index (χ4v) is 4.97. The van der Waals surface area contributed by atoms with Gasteiger partial charge in [0.15, 0.2) is 18.1 Å². The summed E-state index contributed by atoms with van der Waals surface area (Å²) in [7, 11) is 4.48. The zero-order chi connectivity index (χ0) is 23.1. The van der Waals surface area contributed by atoms with E-state index in [2.05, 4.69) is 11.4 Å². The third-order valence-electron chi connectivity index (χ3n) is 5.22. The summed E-state index contributed by atoms with van der Waals surface area (Å²) in [6.07, 6.45) is 4.99. The molecule has 1 aromatic heterocycles. The largest absolute Gasteiger partial charge is 0.493 e. The number of nitrogens with one attached hydrogen (secondary N) is 1. The SMILES string of the molecule is COc1cc(CC(=O)OCC(=O)Nc2sc3c(c2C#N)CCCCC3)cc(OC)c1OC. The number of amides is 1. The highest BCUT2D eigenvalue weighted by molar-refractivity contribution is 7.16. The predicted octanol–water partition coefficient (Wildman–Crippen LogP) is 3.64.